The van der Waals surface area contributed by atoms with Gasteiger partial charge < -0.3 is 4.90 Å². The number of rotatable bonds is 5. The number of nitro groups is 1. The number of carbonyl (C=O) groups is 1. The Hall–Kier alpha value is -3.04. The Labute approximate surface area is 188 Å². The van der Waals surface area contributed by atoms with Gasteiger partial charge >= 0.3 is 0 Å². The van der Waals surface area contributed by atoms with Gasteiger partial charge in [-0.25, -0.2) is 8.42 Å². The number of nitro benzene ring substituents is 1. The third-order valence-corrected chi connectivity index (χ3v) is 8.12. The summed E-state index contributed by atoms with van der Waals surface area (Å²) in [5.41, 5.74) is 3.89. The number of aryl methyl sites for hydroxylation is 2. The Morgan fingerprint density at radius 2 is 1.59 bits per heavy atom. The van der Waals surface area contributed by atoms with Crippen LogP contribution < -0.4 is 0 Å². The van der Waals surface area contributed by atoms with E-state index in [4.69, 9.17) is 0 Å². The summed E-state index contributed by atoms with van der Waals surface area (Å²) >= 11 is 0. The van der Waals surface area contributed by atoms with Crippen molar-refractivity contribution < 1.29 is 18.1 Å². The van der Waals surface area contributed by atoms with Gasteiger partial charge in [0, 0.05) is 44.4 Å². The van der Waals surface area contributed by atoms with Gasteiger partial charge in [0.2, 0.25) is 15.9 Å². The molecule has 0 spiro atoms. The Morgan fingerprint density at radius 1 is 1.00 bits per heavy atom. The van der Waals surface area contributed by atoms with Crippen molar-refractivity contribution in [2.45, 2.75) is 32.6 Å². The van der Waals surface area contributed by atoms with Crippen molar-refractivity contribution >= 4 is 27.7 Å². The molecule has 170 valence electrons. The lowest BCUT2D eigenvalue weighted by Gasteiger charge is -2.34. The molecule has 1 fully saturated rings. The van der Waals surface area contributed by atoms with Crippen molar-refractivity contribution in [3.05, 3.63) is 74.3 Å². The highest BCUT2D eigenvalue weighted by atomic mass is 32.2. The summed E-state index contributed by atoms with van der Waals surface area (Å²) in [7, 11) is -3.67. The summed E-state index contributed by atoms with van der Waals surface area (Å²) in [4.78, 5) is 24.9. The minimum absolute atomic E-state index is 0.0459. The highest BCUT2D eigenvalue weighted by molar-refractivity contribution is 7.89. The van der Waals surface area contributed by atoms with E-state index in [9.17, 15) is 23.3 Å². The maximum Gasteiger partial charge on any atom is 0.270 e. The first-order valence-corrected chi connectivity index (χ1v) is 11.8. The topological polar surface area (TPSA) is 101 Å². The number of carbonyl (C=O) groups excluding carboxylic acids is 1. The van der Waals surface area contributed by atoms with Crippen LogP contribution in [0.1, 0.15) is 27.8 Å². The zero-order chi connectivity index (χ0) is 23.6. The molecule has 1 heterocycles. The van der Waals surface area contributed by atoms with Crippen molar-refractivity contribution in [3.8, 4) is 0 Å². The average molecular weight is 458 g/mol. The molecule has 1 aliphatic heterocycles. The lowest BCUT2D eigenvalue weighted by Crippen LogP contribution is -2.50. The van der Waals surface area contributed by atoms with E-state index in [1.54, 1.807) is 17.0 Å². The van der Waals surface area contributed by atoms with Crippen molar-refractivity contribution in [1.82, 2.24) is 9.21 Å². The van der Waals surface area contributed by atoms with Gasteiger partial charge in [-0.2, -0.15) is 4.31 Å². The van der Waals surface area contributed by atoms with Gasteiger partial charge in [-0.1, -0.05) is 18.2 Å². The van der Waals surface area contributed by atoms with Crippen LogP contribution in [0.25, 0.3) is 6.08 Å². The summed E-state index contributed by atoms with van der Waals surface area (Å²) < 4.78 is 28.2. The molecule has 0 aliphatic carbocycles. The molecule has 8 nitrogen and oxygen atoms in total. The molecule has 0 aromatic heterocycles. The molecule has 0 unspecified atom stereocenters. The maximum atomic E-state index is 13.4. The zero-order valence-corrected chi connectivity index (χ0v) is 19.5. The van der Waals surface area contributed by atoms with Gasteiger partial charge in [-0.05, 0) is 61.6 Å². The van der Waals surface area contributed by atoms with E-state index in [1.807, 2.05) is 33.8 Å². The third-order valence-electron chi connectivity index (χ3n) is 5.94. The molecule has 0 saturated carbocycles. The summed E-state index contributed by atoms with van der Waals surface area (Å²) in [6, 6.07) is 8.01. The zero-order valence-electron chi connectivity index (χ0n) is 18.7. The van der Waals surface area contributed by atoms with Gasteiger partial charge in [-0.15, -0.1) is 0 Å². The molecule has 1 saturated heterocycles. The molecular formula is C23H27N3O5S. The van der Waals surface area contributed by atoms with Gasteiger partial charge in [0.25, 0.3) is 5.69 Å². The van der Waals surface area contributed by atoms with Crippen molar-refractivity contribution in [2.75, 3.05) is 26.2 Å². The van der Waals surface area contributed by atoms with Crippen molar-refractivity contribution in [2.24, 2.45) is 0 Å². The number of amides is 1. The van der Waals surface area contributed by atoms with Crippen LogP contribution in [0.4, 0.5) is 5.69 Å². The minimum Gasteiger partial charge on any atom is -0.337 e. The lowest BCUT2D eigenvalue weighted by molar-refractivity contribution is -0.384. The highest BCUT2D eigenvalue weighted by Crippen LogP contribution is 2.29. The number of nitrogens with zero attached hydrogens (tertiary/aromatic N) is 3. The quantitative estimate of drug-likeness (QED) is 0.389. The van der Waals surface area contributed by atoms with E-state index in [2.05, 4.69) is 0 Å². The van der Waals surface area contributed by atoms with Crippen molar-refractivity contribution in [1.29, 1.82) is 0 Å². The van der Waals surface area contributed by atoms with Gasteiger partial charge in [0.05, 0.1) is 9.82 Å². The first-order valence-electron chi connectivity index (χ1n) is 10.3. The Kier molecular flexibility index (Phi) is 6.80. The summed E-state index contributed by atoms with van der Waals surface area (Å²) in [5.74, 6) is -0.257. The fourth-order valence-corrected chi connectivity index (χ4v) is 5.86. The maximum absolute atomic E-state index is 13.4. The number of hydrogen-bond donors (Lipinski definition) is 0. The third kappa shape index (κ3) is 4.73. The lowest BCUT2D eigenvalue weighted by atomic mass is 10.0. The average Bonchev–Trinajstić information content (AvgIpc) is 2.76. The molecule has 3 rings (SSSR count). The molecule has 32 heavy (non-hydrogen) atoms. The second-order valence-corrected chi connectivity index (χ2v) is 9.88. The Balaban J connectivity index is 1.70. The molecular weight excluding hydrogens is 430 g/mol. The predicted octanol–water partition coefficient (Wildman–Crippen LogP) is 3.37. The number of non-ortho nitro benzene ring substituents is 1. The molecule has 1 aliphatic rings. The van der Waals surface area contributed by atoms with E-state index in [0.29, 0.717) is 10.5 Å². The standard InChI is InChI=1S/C23H27N3O5S/c1-16-14-17(2)19(4)23(18(16)3)32(30,31)25-12-10-24(11-13-25)22(27)9-8-20-6-5-7-21(15-20)26(28)29/h5-9,14-15H,10-13H2,1-4H3. The van der Waals surface area contributed by atoms with E-state index in [1.165, 1.54) is 28.6 Å². The monoisotopic (exact) mass is 457 g/mol. The van der Waals surface area contributed by atoms with E-state index >= 15 is 0 Å². The second-order valence-electron chi connectivity index (χ2n) is 8.00. The van der Waals surface area contributed by atoms with E-state index in [0.717, 1.165) is 22.3 Å². The summed E-state index contributed by atoms with van der Waals surface area (Å²) in [5, 5.41) is 10.9. The summed E-state index contributed by atoms with van der Waals surface area (Å²) in [6.07, 6.45) is 2.89. The Bertz CT molecular complexity index is 1170. The van der Waals surface area contributed by atoms with Crippen LogP contribution in [0.15, 0.2) is 41.3 Å². The van der Waals surface area contributed by atoms with Gasteiger partial charge in [-0.3, -0.25) is 14.9 Å². The normalized spacial score (nSPS) is 15.3. The van der Waals surface area contributed by atoms with E-state index in [-0.39, 0.29) is 37.8 Å². The number of benzene rings is 2. The fourth-order valence-electron chi connectivity index (χ4n) is 3.86. The largest absolute Gasteiger partial charge is 0.337 e. The molecule has 2 aromatic rings. The number of piperazine rings is 1. The number of sulfonamides is 1. The van der Waals surface area contributed by atoms with Crippen LogP contribution in [0.3, 0.4) is 0 Å². The molecule has 0 bridgehead atoms. The van der Waals surface area contributed by atoms with Crippen LogP contribution in [0, 0.1) is 37.8 Å². The van der Waals surface area contributed by atoms with Crippen LogP contribution in [0.5, 0.6) is 0 Å². The Morgan fingerprint density at radius 3 is 2.16 bits per heavy atom. The van der Waals surface area contributed by atoms with Crippen LogP contribution in [0.2, 0.25) is 0 Å². The highest BCUT2D eigenvalue weighted by Gasteiger charge is 2.32. The van der Waals surface area contributed by atoms with Crippen LogP contribution >= 0.6 is 0 Å². The SMILES string of the molecule is Cc1cc(C)c(C)c(S(=O)(=O)N2CCN(C(=O)C=Cc3cccc([N+](=O)[O-])c3)CC2)c1C. The minimum atomic E-state index is -3.67. The molecule has 9 heteroatoms. The number of hydrogen-bond acceptors (Lipinski definition) is 5. The van der Waals surface area contributed by atoms with Crippen LogP contribution in [-0.4, -0.2) is 54.6 Å². The molecule has 0 N–H and O–H groups in total. The first kappa shape index (κ1) is 23.6. The van der Waals surface area contributed by atoms with E-state index < -0.39 is 14.9 Å². The van der Waals surface area contributed by atoms with Gasteiger partial charge in [0.1, 0.15) is 0 Å². The molecule has 1 amide bonds. The molecule has 0 radical (unpaired) electrons. The van der Waals surface area contributed by atoms with Crippen molar-refractivity contribution in [3.63, 3.8) is 0 Å². The smallest absolute Gasteiger partial charge is 0.270 e. The molecule has 2 aromatic carbocycles. The van der Waals surface area contributed by atoms with Crippen LogP contribution in [-0.2, 0) is 14.8 Å². The molecule has 0 atom stereocenters. The summed E-state index contributed by atoms with van der Waals surface area (Å²) in [6.45, 7) is 8.45. The fraction of sp³-hybridized carbons (Fsp3) is 0.348. The first-order chi connectivity index (χ1) is 15.0. The predicted molar refractivity (Wildman–Crippen MR) is 123 cm³/mol. The second kappa shape index (κ2) is 9.22. The van der Waals surface area contributed by atoms with Gasteiger partial charge in [0.15, 0.2) is 0 Å².